The van der Waals surface area contributed by atoms with Gasteiger partial charge in [-0.25, -0.2) is 0 Å². The molecule has 17 heavy (non-hydrogen) atoms. The molecule has 3 nitrogen and oxygen atoms in total. The summed E-state index contributed by atoms with van der Waals surface area (Å²) in [4.78, 5) is 0. The summed E-state index contributed by atoms with van der Waals surface area (Å²) in [5.74, 6) is 0.422. The smallest absolute Gasteiger partial charge is 0.272 e. The monoisotopic (exact) mass is 262 g/mol. The third kappa shape index (κ3) is 4.04. The lowest BCUT2D eigenvalue weighted by atomic mass is 9.59. The van der Waals surface area contributed by atoms with Gasteiger partial charge in [-0.15, -0.1) is 0 Å². The third-order valence-electron chi connectivity index (χ3n) is 4.16. The van der Waals surface area contributed by atoms with Crippen LogP contribution < -0.4 is 0 Å². The molecule has 1 fully saturated rings. The Morgan fingerprint density at radius 3 is 2.35 bits per heavy atom. The zero-order valence-corrected chi connectivity index (χ0v) is 12.7. The van der Waals surface area contributed by atoms with Crippen LogP contribution in [0.3, 0.4) is 0 Å². The average molecular weight is 262 g/mol. The van der Waals surface area contributed by atoms with E-state index in [1.807, 2.05) is 6.92 Å². The van der Waals surface area contributed by atoms with Gasteiger partial charge in [0, 0.05) is 0 Å². The molecule has 0 N–H and O–H groups in total. The van der Waals surface area contributed by atoms with Crippen LogP contribution in [-0.4, -0.2) is 17.4 Å². The molecule has 102 valence electrons. The van der Waals surface area contributed by atoms with Crippen LogP contribution in [-0.2, 0) is 19.7 Å². The molecule has 3 atom stereocenters. The molecule has 0 bridgehead atoms. The maximum Gasteiger partial charge on any atom is 0.304 e. The first-order valence-electron chi connectivity index (χ1n) is 6.31. The summed E-state index contributed by atoms with van der Waals surface area (Å²) in [7, 11) is 1.40. The van der Waals surface area contributed by atoms with E-state index < -0.39 is 11.4 Å². The van der Waals surface area contributed by atoms with Gasteiger partial charge < -0.3 is 0 Å². The first-order valence-corrected chi connectivity index (χ1v) is 7.31. The van der Waals surface area contributed by atoms with Crippen molar-refractivity contribution in [3.8, 4) is 0 Å². The van der Waals surface area contributed by atoms with E-state index in [1.165, 1.54) is 20.0 Å². The Morgan fingerprint density at radius 1 is 1.24 bits per heavy atom. The van der Waals surface area contributed by atoms with Crippen LogP contribution in [0.15, 0.2) is 0 Å². The van der Waals surface area contributed by atoms with Crippen molar-refractivity contribution in [2.24, 2.45) is 16.7 Å². The Morgan fingerprint density at radius 2 is 1.82 bits per heavy atom. The Balaban J connectivity index is 2.73. The number of hydrogen-bond donors (Lipinski definition) is 0. The van der Waals surface area contributed by atoms with Crippen LogP contribution in [0.4, 0.5) is 0 Å². The van der Waals surface area contributed by atoms with Crippen LogP contribution in [0.2, 0.25) is 0 Å². The Hall–Kier alpha value is 0.0700. The largest absolute Gasteiger partial charge is 0.304 e. The number of hydrogen-bond acceptors (Lipinski definition) is 3. The van der Waals surface area contributed by atoms with Crippen molar-refractivity contribution >= 4 is 11.4 Å². The highest BCUT2D eigenvalue weighted by molar-refractivity contribution is 7.75. The van der Waals surface area contributed by atoms with Crippen molar-refractivity contribution in [3.05, 3.63) is 0 Å². The maximum atomic E-state index is 11.3. The SMILES string of the molecule is COS(=O)OC(C)C1CC(C)(C)CCC1(C)C. The molecular weight excluding hydrogens is 236 g/mol. The van der Waals surface area contributed by atoms with E-state index in [1.54, 1.807) is 0 Å². The van der Waals surface area contributed by atoms with Gasteiger partial charge >= 0.3 is 11.4 Å². The summed E-state index contributed by atoms with van der Waals surface area (Å²) < 4.78 is 21.4. The molecule has 0 spiro atoms. The minimum Gasteiger partial charge on any atom is -0.272 e. The summed E-state index contributed by atoms with van der Waals surface area (Å²) in [6, 6.07) is 0. The molecule has 0 aromatic rings. The molecule has 0 aliphatic heterocycles. The van der Waals surface area contributed by atoms with Crippen molar-refractivity contribution in [1.29, 1.82) is 0 Å². The minimum atomic E-state index is -1.62. The molecule has 0 amide bonds. The van der Waals surface area contributed by atoms with Crippen LogP contribution in [0.25, 0.3) is 0 Å². The predicted molar refractivity (Wildman–Crippen MR) is 70.6 cm³/mol. The molecule has 0 aromatic carbocycles. The Kier molecular flexibility index (Phi) is 4.78. The lowest BCUT2D eigenvalue weighted by Gasteiger charge is -2.47. The van der Waals surface area contributed by atoms with E-state index in [-0.39, 0.29) is 11.5 Å². The van der Waals surface area contributed by atoms with Gasteiger partial charge in [0.1, 0.15) is 0 Å². The standard InChI is InChI=1S/C13H26O3S/c1-10(16-17(14)15-6)11-9-12(2,3)7-8-13(11,4)5/h10-11H,7-9H2,1-6H3. The van der Waals surface area contributed by atoms with Crippen LogP contribution in [0.1, 0.15) is 53.9 Å². The van der Waals surface area contributed by atoms with Gasteiger partial charge in [-0.1, -0.05) is 27.7 Å². The van der Waals surface area contributed by atoms with Gasteiger partial charge in [0.05, 0.1) is 13.2 Å². The molecule has 1 aliphatic rings. The van der Waals surface area contributed by atoms with E-state index in [4.69, 9.17) is 4.18 Å². The molecule has 1 aliphatic carbocycles. The van der Waals surface area contributed by atoms with E-state index >= 15 is 0 Å². The topological polar surface area (TPSA) is 35.5 Å². The zero-order chi connectivity index (χ0) is 13.3. The van der Waals surface area contributed by atoms with Gasteiger partial charge in [0.15, 0.2) is 0 Å². The summed E-state index contributed by atoms with van der Waals surface area (Å²) >= 11 is -1.62. The van der Waals surface area contributed by atoms with Gasteiger partial charge in [-0.2, -0.15) is 4.21 Å². The highest BCUT2D eigenvalue weighted by atomic mass is 32.2. The molecule has 0 heterocycles. The molecule has 3 unspecified atom stereocenters. The Labute approximate surface area is 108 Å². The fourth-order valence-corrected chi connectivity index (χ4v) is 3.31. The second-order valence-electron chi connectivity index (χ2n) is 6.64. The van der Waals surface area contributed by atoms with Crippen molar-refractivity contribution in [3.63, 3.8) is 0 Å². The summed E-state index contributed by atoms with van der Waals surface area (Å²) in [5.41, 5.74) is 0.596. The fraction of sp³-hybridized carbons (Fsp3) is 1.00. The lowest BCUT2D eigenvalue weighted by molar-refractivity contribution is -0.0135. The van der Waals surface area contributed by atoms with Crippen LogP contribution in [0, 0.1) is 16.7 Å². The second-order valence-corrected chi connectivity index (χ2v) is 7.57. The quantitative estimate of drug-likeness (QED) is 0.778. The zero-order valence-electron chi connectivity index (χ0n) is 11.9. The molecule has 4 heteroatoms. The first-order chi connectivity index (χ1) is 7.68. The molecule has 1 saturated carbocycles. The predicted octanol–water partition coefficient (Wildman–Crippen LogP) is 3.47. The van der Waals surface area contributed by atoms with Gasteiger partial charge in [0.2, 0.25) is 0 Å². The van der Waals surface area contributed by atoms with Crippen molar-refractivity contribution in [2.45, 2.75) is 60.0 Å². The maximum absolute atomic E-state index is 11.3. The molecule has 0 radical (unpaired) electrons. The molecule has 0 saturated heterocycles. The van der Waals surface area contributed by atoms with Gasteiger partial charge in [-0.3, -0.25) is 8.37 Å². The van der Waals surface area contributed by atoms with Crippen LogP contribution >= 0.6 is 0 Å². The summed E-state index contributed by atoms with van der Waals surface area (Å²) in [5, 5.41) is 0. The normalized spacial score (nSPS) is 30.8. The second kappa shape index (κ2) is 5.37. The first kappa shape index (κ1) is 15.1. The minimum absolute atomic E-state index is 0.0367. The lowest BCUT2D eigenvalue weighted by Crippen LogP contribution is -2.42. The van der Waals surface area contributed by atoms with E-state index in [9.17, 15) is 4.21 Å². The third-order valence-corrected chi connectivity index (χ3v) is 4.89. The molecule has 0 aromatic heterocycles. The van der Waals surface area contributed by atoms with Crippen LogP contribution in [0.5, 0.6) is 0 Å². The molecule has 1 rings (SSSR count). The van der Waals surface area contributed by atoms with Gasteiger partial charge in [0.25, 0.3) is 0 Å². The fourth-order valence-electron chi connectivity index (χ4n) is 2.85. The van der Waals surface area contributed by atoms with E-state index in [2.05, 4.69) is 31.9 Å². The van der Waals surface area contributed by atoms with E-state index in [0.29, 0.717) is 11.3 Å². The summed E-state index contributed by atoms with van der Waals surface area (Å²) in [6.45, 7) is 11.2. The average Bonchev–Trinajstić information content (AvgIpc) is 2.22. The highest BCUT2D eigenvalue weighted by Crippen LogP contribution is 2.50. The van der Waals surface area contributed by atoms with Crippen molar-refractivity contribution < 1.29 is 12.6 Å². The van der Waals surface area contributed by atoms with E-state index in [0.717, 1.165) is 6.42 Å². The molecular formula is C13H26O3S. The Bertz CT molecular complexity index is 286. The highest BCUT2D eigenvalue weighted by Gasteiger charge is 2.43. The summed E-state index contributed by atoms with van der Waals surface area (Å²) in [6.07, 6.45) is 3.52. The van der Waals surface area contributed by atoms with Crippen molar-refractivity contribution in [2.75, 3.05) is 7.11 Å². The number of rotatable bonds is 4. The van der Waals surface area contributed by atoms with Crippen molar-refractivity contribution in [1.82, 2.24) is 0 Å². The van der Waals surface area contributed by atoms with Gasteiger partial charge in [-0.05, 0) is 42.9 Å².